The normalized spacial score (nSPS) is 11.4. The highest BCUT2D eigenvalue weighted by Gasteiger charge is 2.22. The molecule has 0 spiro atoms. The second-order valence-corrected chi connectivity index (χ2v) is 8.14. The average molecular weight is 376 g/mol. The number of ether oxygens (including phenoxy) is 1. The number of amides is 1. The molecule has 2 aromatic rings. The molecule has 0 aliphatic heterocycles. The van der Waals surface area contributed by atoms with Crippen LogP contribution in [-0.2, 0) is 14.8 Å². The summed E-state index contributed by atoms with van der Waals surface area (Å²) in [5.74, 6) is 0.372. The molecular formula is C19H24N2O4S. The molecule has 6 nitrogen and oxygen atoms in total. The fourth-order valence-corrected chi connectivity index (χ4v) is 3.64. The van der Waals surface area contributed by atoms with Gasteiger partial charge in [0.15, 0.2) is 0 Å². The van der Waals surface area contributed by atoms with Gasteiger partial charge < -0.3 is 10.1 Å². The van der Waals surface area contributed by atoms with Gasteiger partial charge in [0.25, 0.3) is 0 Å². The number of carbonyl (C=O) groups excluding carboxylic acids is 1. The summed E-state index contributed by atoms with van der Waals surface area (Å²) in [6.07, 6.45) is 0. The van der Waals surface area contributed by atoms with E-state index in [9.17, 15) is 13.2 Å². The molecule has 0 unspecified atom stereocenters. The van der Waals surface area contributed by atoms with Crippen molar-refractivity contribution in [3.8, 4) is 5.75 Å². The minimum atomic E-state index is -3.68. The molecule has 1 N–H and O–H groups in total. The molecule has 0 bridgehead atoms. The number of aryl methyl sites for hydroxylation is 2. The lowest BCUT2D eigenvalue weighted by molar-refractivity contribution is -0.121. The van der Waals surface area contributed by atoms with Crippen molar-refractivity contribution in [1.82, 2.24) is 9.62 Å². The smallest absolute Gasteiger partial charge is 0.243 e. The first-order valence-corrected chi connectivity index (χ1v) is 9.72. The van der Waals surface area contributed by atoms with Crippen molar-refractivity contribution in [2.24, 2.45) is 0 Å². The molecule has 26 heavy (non-hydrogen) atoms. The molecule has 0 aliphatic rings. The van der Waals surface area contributed by atoms with Gasteiger partial charge in [0.2, 0.25) is 15.9 Å². The predicted octanol–water partition coefficient (Wildman–Crippen LogP) is 2.12. The van der Waals surface area contributed by atoms with Crippen molar-refractivity contribution in [2.75, 3.05) is 26.7 Å². The molecule has 2 rings (SSSR count). The Morgan fingerprint density at radius 1 is 1.08 bits per heavy atom. The lowest BCUT2D eigenvalue weighted by atomic mass is 10.1. The minimum absolute atomic E-state index is 0.161. The molecule has 0 heterocycles. The molecule has 0 saturated carbocycles. The van der Waals surface area contributed by atoms with Gasteiger partial charge in [-0.1, -0.05) is 24.3 Å². The number of carbonyl (C=O) groups is 1. The standard InChI is InChI=1S/C19H24N2O4S/c1-15-11-16(2)13-17(12-15)25-10-9-20-19(22)14-21(3)26(23,24)18-7-5-4-6-8-18/h4-8,11-13H,9-10,14H2,1-3H3,(H,20,22). The number of sulfonamides is 1. The van der Waals surface area contributed by atoms with Crippen molar-refractivity contribution < 1.29 is 17.9 Å². The summed E-state index contributed by atoms with van der Waals surface area (Å²) in [7, 11) is -2.29. The second-order valence-electron chi connectivity index (χ2n) is 6.10. The van der Waals surface area contributed by atoms with Crippen molar-refractivity contribution in [3.05, 3.63) is 59.7 Å². The van der Waals surface area contributed by atoms with Gasteiger partial charge in [0.05, 0.1) is 18.0 Å². The van der Waals surface area contributed by atoms with Crippen LogP contribution in [0.15, 0.2) is 53.4 Å². The number of hydrogen-bond donors (Lipinski definition) is 1. The summed E-state index contributed by atoms with van der Waals surface area (Å²) in [5.41, 5.74) is 2.22. The van der Waals surface area contributed by atoms with Crippen LogP contribution in [0, 0.1) is 13.8 Å². The largest absolute Gasteiger partial charge is 0.492 e. The summed E-state index contributed by atoms with van der Waals surface area (Å²) in [6.45, 7) is 4.34. The van der Waals surface area contributed by atoms with E-state index >= 15 is 0 Å². The first-order valence-electron chi connectivity index (χ1n) is 8.28. The van der Waals surface area contributed by atoms with E-state index in [0.717, 1.165) is 21.2 Å². The summed E-state index contributed by atoms with van der Waals surface area (Å²) < 4.78 is 31.4. The molecule has 0 aromatic heterocycles. The van der Waals surface area contributed by atoms with E-state index in [-0.39, 0.29) is 17.3 Å². The van der Waals surface area contributed by atoms with Gasteiger partial charge in [0.1, 0.15) is 12.4 Å². The fourth-order valence-electron chi connectivity index (χ4n) is 2.49. The number of benzene rings is 2. The van der Waals surface area contributed by atoms with E-state index in [2.05, 4.69) is 11.4 Å². The van der Waals surface area contributed by atoms with E-state index in [4.69, 9.17) is 4.74 Å². The third kappa shape index (κ3) is 5.57. The lowest BCUT2D eigenvalue weighted by Crippen LogP contribution is -2.39. The van der Waals surface area contributed by atoms with Crippen molar-refractivity contribution >= 4 is 15.9 Å². The molecule has 2 aromatic carbocycles. The molecular weight excluding hydrogens is 352 g/mol. The summed E-state index contributed by atoms with van der Waals surface area (Å²) in [5, 5.41) is 2.67. The zero-order chi connectivity index (χ0) is 19.2. The van der Waals surface area contributed by atoms with E-state index in [1.807, 2.05) is 26.0 Å². The van der Waals surface area contributed by atoms with Gasteiger partial charge >= 0.3 is 0 Å². The lowest BCUT2D eigenvalue weighted by Gasteiger charge is -2.17. The van der Waals surface area contributed by atoms with Gasteiger partial charge in [-0.15, -0.1) is 0 Å². The van der Waals surface area contributed by atoms with Crippen molar-refractivity contribution in [3.63, 3.8) is 0 Å². The molecule has 1 amide bonds. The molecule has 140 valence electrons. The second kappa shape index (κ2) is 8.82. The average Bonchev–Trinajstić information content (AvgIpc) is 2.58. The monoisotopic (exact) mass is 376 g/mol. The Labute approximate surface area is 154 Å². The molecule has 0 aliphatic carbocycles. The highest BCUT2D eigenvalue weighted by Crippen LogP contribution is 2.16. The van der Waals surface area contributed by atoms with Gasteiger partial charge in [-0.05, 0) is 49.2 Å². The summed E-state index contributed by atoms with van der Waals surface area (Å²) >= 11 is 0. The van der Waals surface area contributed by atoms with Gasteiger partial charge in [-0.2, -0.15) is 4.31 Å². The topological polar surface area (TPSA) is 75.7 Å². The van der Waals surface area contributed by atoms with Crippen LogP contribution in [0.2, 0.25) is 0 Å². The number of nitrogens with zero attached hydrogens (tertiary/aromatic N) is 1. The van der Waals surface area contributed by atoms with Crippen LogP contribution in [-0.4, -0.2) is 45.4 Å². The van der Waals surface area contributed by atoms with Crippen LogP contribution in [0.1, 0.15) is 11.1 Å². The number of hydrogen-bond acceptors (Lipinski definition) is 4. The Bertz CT molecular complexity index is 831. The maximum atomic E-state index is 12.4. The highest BCUT2D eigenvalue weighted by atomic mass is 32.2. The number of rotatable bonds is 8. The maximum Gasteiger partial charge on any atom is 0.243 e. The minimum Gasteiger partial charge on any atom is -0.492 e. The third-order valence-electron chi connectivity index (χ3n) is 3.71. The molecule has 0 saturated heterocycles. The Balaban J connectivity index is 1.79. The summed E-state index contributed by atoms with van der Waals surface area (Å²) in [4.78, 5) is 12.1. The molecule has 0 atom stereocenters. The zero-order valence-electron chi connectivity index (χ0n) is 15.2. The number of likely N-dealkylation sites (N-methyl/N-ethyl adjacent to an activating group) is 1. The van der Waals surface area contributed by atoms with E-state index in [1.165, 1.54) is 19.2 Å². The molecule has 7 heteroatoms. The Hall–Kier alpha value is -2.38. The van der Waals surface area contributed by atoms with Crippen molar-refractivity contribution in [1.29, 1.82) is 0 Å². The SMILES string of the molecule is Cc1cc(C)cc(OCCNC(=O)CN(C)S(=O)(=O)c2ccccc2)c1. The quantitative estimate of drug-likeness (QED) is 0.716. The van der Waals surface area contributed by atoms with E-state index in [0.29, 0.717) is 13.2 Å². The Morgan fingerprint density at radius 3 is 2.31 bits per heavy atom. The van der Waals surface area contributed by atoms with Gasteiger partial charge in [-0.3, -0.25) is 4.79 Å². The van der Waals surface area contributed by atoms with Crippen LogP contribution in [0.3, 0.4) is 0 Å². The maximum absolute atomic E-state index is 12.4. The van der Waals surface area contributed by atoms with E-state index in [1.54, 1.807) is 18.2 Å². The first-order chi connectivity index (χ1) is 12.3. The van der Waals surface area contributed by atoms with Crippen LogP contribution in [0.4, 0.5) is 0 Å². The highest BCUT2D eigenvalue weighted by molar-refractivity contribution is 7.89. The predicted molar refractivity (Wildman–Crippen MR) is 101 cm³/mol. The molecule has 0 fully saturated rings. The van der Waals surface area contributed by atoms with Gasteiger partial charge in [0, 0.05) is 7.05 Å². The third-order valence-corrected chi connectivity index (χ3v) is 5.52. The Kier molecular flexibility index (Phi) is 6.76. The van der Waals surface area contributed by atoms with Crippen LogP contribution >= 0.6 is 0 Å². The van der Waals surface area contributed by atoms with Crippen molar-refractivity contribution in [2.45, 2.75) is 18.7 Å². The zero-order valence-corrected chi connectivity index (χ0v) is 16.0. The van der Waals surface area contributed by atoms with Crippen LogP contribution < -0.4 is 10.1 Å². The number of nitrogens with one attached hydrogen (secondary N) is 1. The van der Waals surface area contributed by atoms with Gasteiger partial charge in [-0.25, -0.2) is 8.42 Å². The fraction of sp³-hybridized carbons (Fsp3) is 0.316. The van der Waals surface area contributed by atoms with Crippen LogP contribution in [0.5, 0.6) is 5.75 Å². The van der Waals surface area contributed by atoms with Crippen LogP contribution in [0.25, 0.3) is 0 Å². The molecule has 0 radical (unpaired) electrons. The Morgan fingerprint density at radius 2 is 1.69 bits per heavy atom. The summed E-state index contributed by atoms with van der Waals surface area (Å²) in [6, 6.07) is 13.9. The first kappa shape index (κ1) is 19.9. The van der Waals surface area contributed by atoms with E-state index < -0.39 is 10.0 Å².